The lowest BCUT2D eigenvalue weighted by molar-refractivity contribution is -0.140. The van der Waals surface area contributed by atoms with Crippen LogP contribution in [-0.2, 0) is 32.1 Å². The number of nitrogens with one attached hydrogen (secondary N) is 2. The molecule has 1 aromatic carbocycles. The van der Waals surface area contributed by atoms with Crippen LogP contribution in [0.2, 0.25) is 0 Å². The number of halogens is 1. The number of carbonyl (C=O) groups is 4. The molecule has 11 nitrogen and oxygen atoms in total. The van der Waals surface area contributed by atoms with E-state index < -0.39 is 17.8 Å². The molecule has 5 rings (SSSR count). The highest BCUT2D eigenvalue weighted by Gasteiger charge is 2.34. The van der Waals surface area contributed by atoms with Crippen molar-refractivity contribution in [3.63, 3.8) is 0 Å². The summed E-state index contributed by atoms with van der Waals surface area (Å²) in [6, 6.07) is 5.72. The summed E-state index contributed by atoms with van der Waals surface area (Å²) in [5.41, 5.74) is 1.03. The van der Waals surface area contributed by atoms with E-state index in [0.29, 0.717) is 36.9 Å². The molecule has 3 amide bonds. The third kappa shape index (κ3) is 8.19. The molecular weight excluding hydrogens is 591 g/mol. The summed E-state index contributed by atoms with van der Waals surface area (Å²) < 4.78 is 22.4. The van der Waals surface area contributed by atoms with Crippen molar-refractivity contribution in [1.29, 1.82) is 0 Å². The first-order valence-electron chi connectivity index (χ1n) is 16.8. The molecule has 0 unspecified atom stereocenters. The van der Waals surface area contributed by atoms with Gasteiger partial charge in [-0.05, 0) is 49.4 Å². The second kappa shape index (κ2) is 15.8. The Bertz CT molecular complexity index is 1380. The minimum absolute atomic E-state index is 0.0252. The van der Waals surface area contributed by atoms with Crippen molar-refractivity contribution in [2.24, 2.45) is 11.8 Å². The van der Waals surface area contributed by atoms with Crippen molar-refractivity contribution >= 4 is 29.2 Å². The first-order chi connectivity index (χ1) is 22.3. The van der Waals surface area contributed by atoms with Crippen molar-refractivity contribution in [3.8, 4) is 0 Å². The molecule has 1 aliphatic carbocycles. The molecule has 0 bridgehead atoms. The monoisotopic (exact) mass is 638 g/mol. The van der Waals surface area contributed by atoms with Gasteiger partial charge in [-0.1, -0.05) is 32.3 Å². The van der Waals surface area contributed by atoms with Crippen LogP contribution in [-0.4, -0.2) is 94.6 Å². The number of piperazine rings is 1. The number of ether oxygens (including phenoxy) is 1. The van der Waals surface area contributed by atoms with Gasteiger partial charge in [-0.25, -0.2) is 4.39 Å². The SMILES string of the molecule is CCC(=O)N[C@H](Cc1ccc(NC(=O)[C@@H](CC(=O)c2ccnn2CC)C2CCCCC2)c(F)c1)C(=O)N1CCN(C2COC2)CC1. The van der Waals surface area contributed by atoms with Crippen LogP contribution < -0.4 is 10.6 Å². The van der Waals surface area contributed by atoms with Gasteiger partial charge in [0.1, 0.15) is 17.6 Å². The number of aromatic nitrogens is 2. The maximum absolute atomic E-state index is 15.5. The van der Waals surface area contributed by atoms with Gasteiger partial charge < -0.3 is 20.3 Å². The summed E-state index contributed by atoms with van der Waals surface area (Å²) in [5, 5.41) is 9.78. The fraction of sp³-hybridized carbons (Fsp3) is 0.618. The van der Waals surface area contributed by atoms with Crippen LogP contribution in [0.5, 0.6) is 0 Å². The Kier molecular flexibility index (Phi) is 11.6. The van der Waals surface area contributed by atoms with Crippen LogP contribution in [0.15, 0.2) is 30.5 Å². The highest BCUT2D eigenvalue weighted by molar-refractivity contribution is 6.00. The highest BCUT2D eigenvalue weighted by Crippen LogP contribution is 2.34. The summed E-state index contributed by atoms with van der Waals surface area (Å²) in [6.07, 6.45) is 6.76. The molecule has 3 fully saturated rings. The van der Waals surface area contributed by atoms with E-state index in [1.807, 2.05) is 6.92 Å². The van der Waals surface area contributed by atoms with Gasteiger partial charge in [0, 0.05) is 64.1 Å². The molecule has 2 N–H and O–H groups in total. The Morgan fingerprint density at radius 2 is 1.76 bits per heavy atom. The Morgan fingerprint density at radius 1 is 1.02 bits per heavy atom. The molecule has 2 atom stereocenters. The molecule has 1 saturated carbocycles. The van der Waals surface area contributed by atoms with E-state index in [1.165, 1.54) is 12.1 Å². The first-order valence-corrected chi connectivity index (χ1v) is 16.8. The molecule has 2 aliphatic heterocycles. The van der Waals surface area contributed by atoms with Gasteiger partial charge in [0.05, 0.1) is 24.9 Å². The fourth-order valence-corrected chi connectivity index (χ4v) is 6.84. The van der Waals surface area contributed by atoms with Crippen LogP contribution in [0.3, 0.4) is 0 Å². The third-order valence-electron chi connectivity index (χ3n) is 9.71. The number of hydrogen-bond acceptors (Lipinski definition) is 7. The zero-order valence-corrected chi connectivity index (χ0v) is 27.0. The first kappa shape index (κ1) is 33.7. The summed E-state index contributed by atoms with van der Waals surface area (Å²) in [7, 11) is 0. The highest BCUT2D eigenvalue weighted by atomic mass is 19.1. The fourth-order valence-electron chi connectivity index (χ4n) is 6.84. The molecule has 46 heavy (non-hydrogen) atoms. The van der Waals surface area contributed by atoms with Gasteiger partial charge >= 0.3 is 0 Å². The number of anilines is 1. The van der Waals surface area contributed by atoms with Crippen molar-refractivity contribution < 1.29 is 28.3 Å². The number of hydrogen-bond donors (Lipinski definition) is 2. The number of carbonyl (C=O) groups excluding carboxylic acids is 4. The molecule has 12 heteroatoms. The predicted octanol–water partition coefficient (Wildman–Crippen LogP) is 3.43. The van der Waals surface area contributed by atoms with E-state index in [1.54, 1.807) is 34.8 Å². The molecule has 0 spiro atoms. The van der Waals surface area contributed by atoms with E-state index in [9.17, 15) is 19.2 Å². The van der Waals surface area contributed by atoms with Gasteiger partial charge in [-0.2, -0.15) is 5.10 Å². The average Bonchev–Trinajstić information content (AvgIpc) is 3.53. The molecule has 1 aromatic heterocycles. The Morgan fingerprint density at radius 3 is 2.39 bits per heavy atom. The zero-order chi connectivity index (χ0) is 32.6. The normalized spacial score (nSPS) is 19.2. The van der Waals surface area contributed by atoms with Gasteiger partial charge in [-0.15, -0.1) is 0 Å². The van der Waals surface area contributed by atoms with Crippen LogP contribution in [0.25, 0.3) is 0 Å². The van der Waals surface area contributed by atoms with E-state index >= 15 is 4.39 Å². The van der Waals surface area contributed by atoms with E-state index in [-0.39, 0.29) is 54.4 Å². The molecular formula is C34H47FN6O5. The quantitative estimate of drug-likeness (QED) is 0.322. The summed E-state index contributed by atoms with van der Waals surface area (Å²) in [5.74, 6) is -2.14. The number of amides is 3. The molecule has 0 radical (unpaired) electrons. The number of Topliss-reactive ketones (excluding diaryl/α,β-unsaturated/α-hetero) is 1. The third-order valence-corrected chi connectivity index (χ3v) is 9.71. The Labute approximate surface area is 270 Å². The Hall–Kier alpha value is -3.64. The largest absolute Gasteiger partial charge is 0.378 e. The van der Waals surface area contributed by atoms with Gasteiger partial charge in [0.2, 0.25) is 17.7 Å². The second-order valence-corrected chi connectivity index (χ2v) is 12.7. The van der Waals surface area contributed by atoms with Crippen molar-refractivity contribution in [2.45, 2.75) is 83.8 Å². The predicted molar refractivity (Wildman–Crippen MR) is 171 cm³/mol. The maximum Gasteiger partial charge on any atom is 0.245 e. The summed E-state index contributed by atoms with van der Waals surface area (Å²) in [6.45, 7) is 8.21. The lowest BCUT2D eigenvalue weighted by Gasteiger charge is -2.43. The van der Waals surface area contributed by atoms with E-state index in [2.05, 4.69) is 20.6 Å². The van der Waals surface area contributed by atoms with E-state index in [4.69, 9.17) is 4.74 Å². The number of nitrogens with zero attached hydrogens (tertiary/aromatic N) is 4. The van der Waals surface area contributed by atoms with Crippen molar-refractivity contribution in [1.82, 2.24) is 24.9 Å². The standard InChI is InChI=1S/C34H47FN6O5/c1-3-32(43)37-29(34(45)40-16-14-39(15-17-40)25-21-46-22-25)19-23-10-11-28(27(35)18-23)38-33(44)26(24-8-6-5-7-9-24)20-31(42)30-12-13-36-41(30)4-2/h10-13,18,24-26,29H,3-9,14-17,19-22H2,1-2H3,(H,37,43)(H,38,44)/t26-,29+/m0/s1. The average molecular weight is 639 g/mol. The Balaban J connectivity index is 1.25. The number of benzene rings is 1. The molecule has 2 saturated heterocycles. The summed E-state index contributed by atoms with van der Waals surface area (Å²) >= 11 is 0. The molecule has 3 heterocycles. The summed E-state index contributed by atoms with van der Waals surface area (Å²) in [4.78, 5) is 56.9. The van der Waals surface area contributed by atoms with Gasteiger partial charge in [0.15, 0.2) is 5.78 Å². The van der Waals surface area contributed by atoms with Crippen LogP contribution in [0.4, 0.5) is 10.1 Å². The minimum Gasteiger partial charge on any atom is -0.378 e. The zero-order valence-electron chi connectivity index (χ0n) is 27.0. The van der Waals surface area contributed by atoms with Crippen LogP contribution in [0, 0.1) is 17.7 Å². The second-order valence-electron chi connectivity index (χ2n) is 12.7. The smallest absolute Gasteiger partial charge is 0.245 e. The lowest BCUT2D eigenvalue weighted by atomic mass is 9.77. The number of ketones is 1. The number of aryl methyl sites for hydroxylation is 1. The topological polar surface area (TPSA) is 126 Å². The molecule has 250 valence electrons. The van der Waals surface area contributed by atoms with Crippen LogP contribution >= 0.6 is 0 Å². The minimum atomic E-state index is -0.830. The van der Waals surface area contributed by atoms with E-state index in [0.717, 1.165) is 58.4 Å². The molecule has 3 aliphatic rings. The number of rotatable bonds is 13. The van der Waals surface area contributed by atoms with Crippen molar-refractivity contribution in [2.75, 3.05) is 44.7 Å². The lowest BCUT2D eigenvalue weighted by Crippen LogP contribution is -2.60. The maximum atomic E-state index is 15.5. The van der Waals surface area contributed by atoms with Gasteiger partial charge in [-0.3, -0.25) is 28.8 Å². The van der Waals surface area contributed by atoms with Crippen LogP contribution in [0.1, 0.15) is 74.8 Å². The van der Waals surface area contributed by atoms with Gasteiger partial charge in [0.25, 0.3) is 0 Å². The van der Waals surface area contributed by atoms with Crippen molar-refractivity contribution in [3.05, 3.63) is 47.5 Å². The molecule has 2 aromatic rings.